The van der Waals surface area contributed by atoms with Gasteiger partial charge in [-0.3, -0.25) is 4.98 Å². The SMILES string of the molecule is COc1cc(O)c(-c2cc(-c3ccc(O)cc3)nc(-c3ccncc3)n2)cc1CC=C(C)C. The molecule has 2 aromatic carbocycles. The lowest BCUT2D eigenvalue weighted by Gasteiger charge is -2.14. The Morgan fingerprint density at radius 1 is 0.879 bits per heavy atom. The summed E-state index contributed by atoms with van der Waals surface area (Å²) in [6, 6.07) is 15.9. The molecule has 4 rings (SSSR count). The highest BCUT2D eigenvalue weighted by Gasteiger charge is 2.16. The number of phenols is 2. The summed E-state index contributed by atoms with van der Waals surface area (Å²) in [7, 11) is 1.59. The molecule has 2 N–H and O–H groups in total. The molecule has 166 valence electrons. The minimum absolute atomic E-state index is 0.0730. The number of phenolic OH excluding ortho intramolecular Hbond substituents is 2. The monoisotopic (exact) mass is 439 g/mol. The quantitative estimate of drug-likeness (QED) is 0.369. The van der Waals surface area contributed by atoms with Gasteiger partial charge in [-0.2, -0.15) is 0 Å². The van der Waals surface area contributed by atoms with E-state index in [2.05, 4.69) is 11.1 Å². The van der Waals surface area contributed by atoms with Gasteiger partial charge in [0, 0.05) is 35.2 Å². The van der Waals surface area contributed by atoms with E-state index in [0.29, 0.717) is 34.9 Å². The Labute approximate surface area is 192 Å². The van der Waals surface area contributed by atoms with Crippen molar-refractivity contribution in [2.24, 2.45) is 0 Å². The molecule has 0 atom stereocenters. The second-order valence-electron chi connectivity index (χ2n) is 7.91. The number of hydrogen-bond acceptors (Lipinski definition) is 6. The molecule has 0 bridgehead atoms. The second kappa shape index (κ2) is 9.53. The van der Waals surface area contributed by atoms with Crippen molar-refractivity contribution in [2.45, 2.75) is 20.3 Å². The zero-order valence-corrected chi connectivity index (χ0v) is 18.8. The molecule has 0 aliphatic heterocycles. The molecular formula is C27H25N3O3. The van der Waals surface area contributed by atoms with Crippen LogP contribution in [-0.2, 0) is 6.42 Å². The van der Waals surface area contributed by atoms with Crippen LogP contribution in [0.4, 0.5) is 0 Å². The Balaban J connectivity index is 1.91. The summed E-state index contributed by atoms with van der Waals surface area (Å²) in [4.78, 5) is 13.6. The fourth-order valence-electron chi connectivity index (χ4n) is 3.48. The summed E-state index contributed by atoms with van der Waals surface area (Å²) in [5, 5.41) is 20.5. The van der Waals surface area contributed by atoms with E-state index in [4.69, 9.17) is 14.7 Å². The van der Waals surface area contributed by atoms with Crippen LogP contribution < -0.4 is 4.74 Å². The maximum atomic E-state index is 10.8. The van der Waals surface area contributed by atoms with Crippen LogP contribution in [0.15, 0.2) is 78.6 Å². The van der Waals surface area contributed by atoms with Crippen LogP contribution in [0.5, 0.6) is 17.2 Å². The van der Waals surface area contributed by atoms with Gasteiger partial charge in [0.05, 0.1) is 18.5 Å². The van der Waals surface area contributed by atoms with E-state index in [0.717, 1.165) is 16.7 Å². The Hall–Kier alpha value is -4.19. The molecule has 0 unspecified atom stereocenters. The number of aromatic hydroxyl groups is 2. The number of hydrogen-bond donors (Lipinski definition) is 2. The number of allylic oxidation sites excluding steroid dienone is 2. The third kappa shape index (κ3) is 5.01. The Morgan fingerprint density at radius 2 is 1.58 bits per heavy atom. The molecule has 0 radical (unpaired) electrons. The maximum Gasteiger partial charge on any atom is 0.160 e. The first kappa shape index (κ1) is 22.0. The molecule has 0 saturated carbocycles. The van der Waals surface area contributed by atoms with Crippen molar-refractivity contribution in [1.82, 2.24) is 15.0 Å². The predicted molar refractivity (Wildman–Crippen MR) is 129 cm³/mol. The van der Waals surface area contributed by atoms with Crippen molar-refractivity contribution < 1.29 is 14.9 Å². The Morgan fingerprint density at radius 3 is 2.24 bits per heavy atom. The average Bonchev–Trinajstić information content (AvgIpc) is 2.83. The summed E-state index contributed by atoms with van der Waals surface area (Å²) in [5.74, 6) is 1.39. The van der Waals surface area contributed by atoms with Gasteiger partial charge in [-0.25, -0.2) is 9.97 Å². The highest BCUT2D eigenvalue weighted by atomic mass is 16.5. The van der Waals surface area contributed by atoms with Crippen molar-refractivity contribution in [1.29, 1.82) is 0 Å². The number of ether oxygens (including phenoxy) is 1. The van der Waals surface area contributed by atoms with Gasteiger partial charge >= 0.3 is 0 Å². The summed E-state index contributed by atoms with van der Waals surface area (Å²) in [6.07, 6.45) is 6.16. The molecule has 2 heterocycles. The fraction of sp³-hybridized carbons (Fsp3) is 0.148. The number of pyridine rings is 1. The van der Waals surface area contributed by atoms with Crippen LogP contribution in [0.25, 0.3) is 33.9 Å². The number of nitrogens with zero attached hydrogens (tertiary/aromatic N) is 3. The smallest absolute Gasteiger partial charge is 0.160 e. The van der Waals surface area contributed by atoms with Crippen LogP contribution >= 0.6 is 0 Å². The van der Waals surface area contributed by atoms with E-state index in [1.807, 2.05) is 38.1 Å². The third-order valence-corrected chi connectivity index (χ3v) is 5.23. The lowest BCUT2D eigenvalue weighted by Crippen LogP contribution is -1.98. The van der Waals surface area contributed by atoms with E-state index < -0.39 is 0 Å². The molecule has 0 aliphatic carbocycles. The highest BCUT2D eigenvalue weighted by molar-refractivity contribution is 5.76. The zero-order chi connectivity index (χ0) is 23.4. The van der Waals surface area contributed by atoms with Crippen molar-refractivity contribution in [3.63, 3.8) is 0 Å². The van der Waals surface area contributed by atoms with Gasteiger partial charge in [-0.05, 0) is 74.4 Å². The minimum atomic E-state index is 0.0730. The van der Waals surface area contributed by atoms with Crippen LogP contribution in [0, 0.1) is 0 Å². The van der Waals surface area contributed by atoms with E-state index in [9.17, 15) is 10.2 Å². The number of aromatic nitrogens is 3. The summed E-state index contributed by atoms with van der Waals surface area (Å²) in [6.45, 7) is 4.09. The van der Waals surface area contributed by atoms with Crippen LogP contribution in [0.2, 0.25) is 0 Å². The fourth-order valence-corrected chi connectivity index (χ4v) is 3.48. The van der Waals surface area contributed by atoms with Crippen molar-refractivity contribution in [2.75, 3.05) is 7.11 Å². The van der Waals surface area contributed by atoms with Crippen molar-refractivity contribution in [3.05, 3.63) is 84.2 Å². The molecule has 0 fully saturated rings. The van der Waals surface area contributed by atoms with Gasteiger partial charge in [0.25, 0.3) is 0 Å². The lowest BCUT2D eigenvalue weighted by atomic mass is 10.0. The molecular weight excluding hydrogens is 414 g/mol. The molecule has 0 amide bonds. The van der Waals surface area contributed by atoms with Crippen LogP contribution in [0.3, 0.4) is 0 Å². The van der Waals surface area contributed by atoms with Gasteiger partial charge in [0.2, 0.25) is 0 Å². The first-order chi connectivity index (χ1) is 15.9. The van der Waals surface area contributed by atoms with Crippen LogP contribution in [-0.4, -0.2) is 32.3 Å². The predicted octanol–water partition coefficient (Wildman–Crippen LogP) is 5.80. The van der Waals surface area contributed by atoms with Gasteiger partial charge in [-0.1, -0.05) is 11.6 Å². The third-order valence-electron chi connectivity index (χ3n) is 5.23. The van der Waals surface area contributed by atoms with Crippen LogP contribution in [0.1, 0.15) is 19.4 Å². The normalized spacial score (nSPS) is 10.6. The van der Waals surface area contributed by atoms with E-state index in [1.165, 1.54) is 5.57 Å². The average molecular weight is 440 g/mol. The largest absolute Gasteiger partial charge is 0.508 e. The van der Waals surface area contributed by atoms with E-state index in [-0.39, 0.29) is 11.5 Å². The topological polar surface area (TPSA) is 88.4 Å². The van der Waals surface area contributed by atoms with Gasteiger partial charge in [-0.15, -0.1) is 0 Å². The van der Waals surface area contributed by atoms with Gasteiger partial charge < -0.3 is 14.9 Å². The van der Waals surface area contributed by atoms with E-state index >= 15 is 0 Å². The standard InChI is InChI=1S/C27H25N3O3/c1-17(2)4-5-20-14-22(25(32)16-26(20)33-3)24-15-23(18-6-8-21(31)9-7-18)29-27(30-24)19-10-12-28-13-11-19/h4,6-16,31-32H,5H2,1-3H3. The number of benzene rings is 2. The second-order valence-corrected chi connectivity index (χ2v) is 7.91. The summed E-state index contributed by atoms with van der Waals surface area (Å²) in [5.41, 5.74) is 5.62. The Kier molecular flexibility index (Phi) is 6.36. The number of methoxy groups -OCH3 is 1. The van der Waals surface area contributed by atoms with Crippen molar-refractivity contribution >= 4 is 0 Å². The first-order valence-corrected chi connectivity index (χ1v) is 10.6. The molecule has 6 nitrogen and oxygen atoms in total. The molecule has 4 aromatic rings. The first-order valence-electron chi connectivity index (χ1n) is 10.6. The molecule has 2 aromatic heterocycles. The van der Waals surface area contributed by atoms with Gasteiger partial charge in [0.1, 0.15) is 17.2 Å². The zero-order valence-electron chi connectivity index (χ0n) is 18.8. The summed E-state index contributed by atoms with van der Waals surface area (Å²) < 4.78 is 5.49. The Bertz CT molecular complexity index is 1300. The molecule has 0 spiro atoms. The molecule has 0 aliphatic rings. The molecule has 6 heteroatoms. The lowest BCUT2D eigenvalue weighted by molar-refractivity contribution is 0.404. The van der Waals surface area contributed by atoms with E-state index in [1.54, 1.807) is 49.8 Å². The number of rotatable bonds is 6. The molecule has 0 saturated heterocycles. The molecule has 33 heavy (non-hydrogen) atoms. The maximum absolute atomic E-state index is 10.8. The highest BCUT2D eigenvalue weighted by Crippen LogP contribution is 2.37. The van der Waals surface area contributed by atoms with Gasteiger partial charge in [0.15, 0.2) is 5.82 Å². The summed E-state index contributed by atoms with van der Waals surface area (Å²) >= 11 is 0. The minimum Gasteiger partial charge on any atom is -0.508 e. The van der Waals surface area contributed by atoms with Crippen molar-refractivity contribution in [3.8, 4) is 51.2 Å².